The summed E-state index contributed by atoms with van der Waals surface area (Å²) in [6.45, 7) is 0. The van der Waals surface area contributed by atoms with Gasteiger partial charge in [0.25, 0.3) is 0 Å². The third-order valence-electron chi connectivity index (χ3n) is 2.96. The zero-order valence-electron chi connectivity index (χ0n) is 9.43. The first-order chi connectivity index (χ1) is 8.72. The molecule has 1 saturated carbocycles. The summed E-state index contributed by atoms with van der Waals surface area (Å²) in [6, 6.07) is 3.96. The Morgan fingerprint density at radius 3 is 2.94 bits per heavy atom. The third kappa shape index (κ3) is 2.30. The fourth-order valence-electron chi connectivity index (χ4n) is 1.84. The summed E-state index contributed by atoms with van der Waals surface area (Å²) in [5, 5.41) is 7.25. The van der Waals surface area contributed by atoms with Gasteiger partial charge < -0.3 is 5.32 Å². The maximum absolute atomic E-state index is 12.7. The number of hydrogen-bond acceptors (Lipinski definition) is 4. The van der Waals surface area contributed by atoms with E-state index in [0.29, 0.717) is 18.0 Å². The molecule has 0 aromatic carbocycles. The van der Waals surface area contributed by atoms with Crippen LogP contribution in [0.3, 0.4) is 0 Å². The predicted octanol–water partition coefficient (Wildman–Crippen LogP) is 3.56. The highest BCUT2D eigenvalue weighted by molar-refractivity contribution is 7.16. The summed E-state index contributed by atoms with van der Waals surface area (Å²) in [6.07, 6.45) is -0.122. The van der Waals surface area contributed by atoms with Gasteiger partial charge in [-0.3, -0.25) is 4.79 Å². The Hall–Kier alpha value is -1.27. The molecule has 0 unspecified atom stereocenters. The van der Waals surface area contributed by atoms with Crippen molar-refractivity contribution >= 4 is 33.7 Å². The van der Waals surface area contributed by atoms with Gasteiger partial charge in [0.2, 0.25) is 5.91 Å². The van der Waals surface area contributed by atoms with Gasteiger partial charge in [-0.15, -0.1) is 22.7 Å². The van der Waals surface area contributed by atoms with Gasteiger partial charge in [-0.05, 0) is 24.3 Å². The van der Waals surface area contributed by atoms with Crippen LogP contribution in [0.4, 0.5) is 9.52 Å². The van der Waals surface area contributed by atoms with Crippen LogP contribution in [0.15, 0.2) is 22.9 Å². The molecular weight excluding hydrogens is 271 g/mol. The van der Waals surface area contributed by atoms with Crippen LogP contribution in [-0.2, 0) is 4.79 Å². The van der Waals surface area contributed by atoms with Gasteiger partial charge in [-0.25, -0.2) is 9.37 Å². The van der Waals surface area contributed by atoms with Crippen molar-refractivity contribution in [1.29, 1.82) is 0 Å². The van der Waals surface area contributed by atoms with Gasteiger partial charge in [0.15, 0.2) is 5.13 Å². The highest BCUT2D eigenvalue weighted by Crippen LogP contribution is 2.32. The second kappa shape index (κ2) is 4.78. The maximum Gasteiger partial charge on any atom is 0.229 e. The molecule has 0 saturated heterocycles. The number of halogens is 1. The van der Waals surface area contributed by atoms with Crippen LogP contribution in [0.25, 0.3) is 10.6 Å². The minimum atomic E-state index is -0.807. The van der Waals surface area contributed by atoms with Crippen molar-refractivity contribution in [2.24, 2.45) is 5.92 Å². The minimum absolute atomic E-state index is 0.115. The first-order valence-electron chi connectivity index (χ1n) is 5.66. The molecule has 2 heterocycles. The summed E-state index contributed by atoms with van der Waals surface area (Å²) < 4.78 is 12.7. The number of nitrogens with zero attached hydrogens (tertiary/aromatic N) is 1. The van der Waals surface area contributed by atoms with E-state index < -0.39 is 6.17 Å². The molecule has 18 heavy (non-hydrogen) atoms. The molecule has 0 bridgehead atoms. The van der Waals surface area contributed by atoms with Crippen molar-refractivity contribution in [3.05, 3.63) is 22.9 Å². The third-order valence-corrected chi connectivity index (χ3v) is 4.61. The van der Waals surface area contributed by atoms with E-state index >= 15 is 0 Å². The van der Waals surface area contributed by atoms with Crippen molar-refractivity contribution in [3.8, 4) is 10.6 Å². The molecule has 1 amide bonds. The molecule has 3 rings (SSSR count). The number of anilines is 1. The largest absolute Gasteiger partial charge is 0.302 e. The molecular formula is C12H11FN2OS2. The average Bonchev–Trinajstić information content (AvgIpc) is 2.93. The van der Waals surface area contributed by atoms with Crippen LogP contribution in [0.5, 0.6) is 0 Å². The Labute approximate surface area is 112 Å². The van der Waals surface area contributed by atoms with Crippen molar-refractivity contribution in [2.45, 2.75) is 19.0 Å². The van der Waals surface area contributed by atoms with Gasteiger partial charge >= 0.3 is 0 Å². The second-order valence-electron chi connectivity index (χ2n) is 4.27. The quantitative estimate of drug-likeness (QED) is 0.935. The van der Waals surface area contributed by atoms with E-state index in [4.69, 9.17) is 0 Å². The van der Waals surface area contributed by atoms with Crippen molar-refractivity contribution in [3.63, 3.8) is 0 Å². The van der Waals surface area contributed by atoms with Gasteiger partial charge in [0.1, 0.15) is 6.17 Å². The van der Waals surface area contributed by atoms with Crippen LogP contribution in [0.1, 0.15) is 12.8 Å². The molecule has 3 nitrogen and oxygen atoms in total. The molecule has 1 aliphatic carbocycles. The number of alkyl halides is 1. The van der Waals surface area contributed by atoms with E-state index in [1.54, 1.807) is 11.3 Å². The van der Waals surface area contributed by atoms with E-state index in [0.717, 1.165) is 10.6 Å². The number of carbonyl (C=O) groups excluding carboxylic acids is 1. The zero-order chi connectivity index (χ0) is 12.5. The van der Waals surface area contributed by atoms with Crippen molar-refractivity contribution in [2.75, 3.05) is 5.32 Å². The predicted molar refractivity (Wildman–Crippen MR) is 71.7 cm³/mol. The van der Waals surface area contributed by atoms with E-state index in [1.807, 2.05) is 22.9 Å². The Balaban J connectivity index is 1.65. The topological polar surface area (TPSA) is 42.0 Å². The highest BCUT2D eigenvalue weighted by atomic mass is 32.1. The summed E-state index contributed by atoms with van der Waals surface area (Å²) in [4.78, 5) is 17.2. The van der Waals surface area contributed by atoms with Crippen LogP contribution in [0, 0.1) is 5.92 Å². The smallest absolute Gasteiger partial charge is 0.229 e. The Morgan fingerprint density at radius 2 is 2.28 bits per heavy atom. The second-order valence-corrected chi connectivity index (χ2v) is 6.08. The molecule has 0 spiro atoms. The normalized spacial score (nSPS) is 22.5. The minimum Gasteiger partial charge on any atom is -0.302 e. The standard InChI is InChI=1S/C12H11FN2OS2/c13-8-4-7(5-8)11(16)15-12-14-9(6-18-12)10-2-1-3-17-10/h1-3,6-8H,4-5H2,(H,14,15,16). The average molecular weight is 282 g/mol. The summed E-state index contributed by atoms with van der Waals surface area (Å²) >= 11 is 3.01. The van der Waals surface area contributed by atoms with Gasteiger partial charge in [0.05, 0.1) is 10.6 Å². The van der Waals surface area contributed by atoms with Gasteiger partial charge in [-0.2, -0.15) is 0 Å². The molecule has 0 radical (unpaired) electrons. The highest BCUT2D eigenvalue weighted by Gasteiger charge is 2.34. The summed E-state index contributed by atoms with van der Waals surface area (Å²) in [5.41, 5.74) is 0.877. The molecule has 1 fully saturated rings. The number of rotatable bonds is 3. The number of amides is 1. The lowest BCUT2D eigenvalue weighted by molar-refractivity contribution is -0.124. The van der Waals surface area contributed by atoms with Crippen LogP contribution >= 0.6 is 22.7 Å². The molecule has 2 aromatic heterocycles. The Morgan fingerprint density at radius 1 is 1.44 bits per heavy atom. The molecule has 6 heteroatoms. The fraction of sp³-hybridized carbons (Fsp3) is 0.333. The fourth-order valence-corrected chi connectivity index (χ4v) is 3.31. The molecule has 0 atom stereocenters. The van der Waals surface area contributed by atoms with E-state index in [9.17, 15) is 9.18 Å². The lowest BCUT2D eigenvalue weighted by Crippen LogP contribution is -2.35. The van der Waals surface area contributed by atoms with Crippen LogP contribution < -0.4 is 5.32 Å². The molecule has 1 aliphatic rings. The first-order valence-corrected chi connectivity index (χ1v) is 7.42. The van der Waals surface area contributed by atoms with Gasteiger partial charge in [0, 0.05) is 11.3 Å². The Kier molecular flexibility index (Phi) is 3.13. The van der Waals surface area contributed by atoms with E-state index in [1.165, 1.54) is 11.3 Å². The number of thiazole rings is 1. The van der Waals surface area contributed by atoms with E-state index in [-0.39, 0.29) is 11.8 Å². The number of carbonyl (C=O) groups is 1. The number of aromatic nitrogens is 1. The monoisotopic (exact) mass is 282 g/mol. The van der Waals surface area contributed by atoms with E-state index in [2.05, 4.69) is 10.3 Å². The van der Waals surface area contributed by atoms with Gasteiger partial charge in [-0.1, -0.05) is 6.07 Å². The lowest BCUT2D eigenvalue weighted by Gasteiger charge is -2.27. The summed E-state index contributed by atoms with van der Waals surface area (Å²) in [7, 11) is 0. The Bertz CT molecular complexity index is 546. The summed E-state index contributed by atoms with van der Waals surface area (Å²) in [5.74, 6) is -0.301. The van der Waals surface area contributed by atoms with Crippen LogP contribution in [0.2, 0.25) is 0 Å². The number of nitrogens with one attached hydrogen (secondary N) is 1. The number of thiophene rings is 1. The molecule has 1 N–H and O–H groups in total. The zero-order valence-corrected chi connectivity index (χ0v) is 11.1. The SMILES string of the molecule is O=C(Nc1nc(-c2cccs2)cs1)C1CC(F)C1. The molecule has 2 aromatic rings. The van der Waals surface area contributed by atoms with Crippen LogP contribution in [-0.4, -0.2) is 17.1 Å². The lowest BCUT2D eigenvalue weighted by atomic mass is 9.83. The van der Waals surface area contributed by atoms with Crippen molar-refractivity contribution < 1.29 is 9.18 Å². The molecule has 0 aliphatic heterocycles. The maximum atomic E-state index is 12.7. The molecule has 94 valence electrons. The number of hydrogen-bond donors (Lipinski definition) is 1. The first kappa shape index (κ1) is 11.8. The van der Waals surface area contributed by atoms with Crippen molar-refractivity contribution in [1.82, 2.24) is 4.98 Å².